The summed E-state index contributed by atoms with van der Waals surface area (Å²) < 4.78 is 4.81. The number of hydrogen-bond donors (Lipinski definition) is 1. The van der Waals surface area contributed by atoms with Crippen molar-refractivity contribution in [2.24, 2.45) is 0 Å². The molecule has 1 unspecified atom stereocenters. The molecule has 3 aliphatic rings. The van der Waals surface area contributed by atoms with Crippen LogP contribution in [0, 0.1) is 70.6 Å². The Labute approximate surface area is 169 Å². The van der Waals surface area contributed by atoms with E-state index in [9.17, 15) is 5.11 Å². The predicted octanol–water partition coefficient (Wildman–Crippen LogP) is 2.85. The van der Waals surface area contributed by atoms with Crippen LogP contribution in [0.15, 0.2) is 12.7 Å². The molecule has 3 rings (SSSR count). The number of rotatable bonds is 5. The van der Waals surface area contributed by atoms with Crippen molar-refractivity contribution in [2.45, 2.75) is 25.2 Å². The minimum atomic E-state index is -0.668. The fraction of sp³-hybridized carbons (Fsp3) is 0.350. The molecule has 0 spiro atoms. The van der Waals surface area contributed by atoms with Crippen LogP contribution in [-0.2, 0) is 30.9 Å². The third-order valence-electron chi connectivity index (χ3n) is 3.55. The fourth-order valence-corrected chi connectivity index (χ4v) is 2.37. The van der Waals surface area contributed by atoms with Gasteiger partial charge in [-0.15, -0.1) is 0 Å². The van der Waals surface area contributed by atoms with E-state index in [-0.39, 0.29) is 26.2 Å². The second-order valence-corrected chi connectivity index (χ2v) is 5.25. The van der Waals surface area contributed by atoms with Crippen molar-refractivity contribution in [1.82, 2.24) is 4.90 Å². The molecule has 3 fully saturated rings. The zero-order chi connectivity index (χ0) is 16.8. The Morgan fingerprint density at radius 2 is 1.58 bits per heavy atom. The van der Waals surface area contributed by atoms with E-state index in [0.717, 1.165) is 13.0 Å². The van der Waals surface area contributed by atoms with Crippen molar-refractivity contribution in [1.29, 1.82) is 0 Å². The van der Waals surface area contributed by atoms with Gasteiger partial charge in [0.1, 0.15) is 0 Å². The molecule has 0 aromatic heterocycles. The molecule has 3 nitrogen and oxygen atoms in total. The van der Waals surface area contributed by atoms with Gasteiger partial charge in [-0.1, -0.05) is 0 Å². The maximum absolute atomic E-state index is 9.30. The zero-order valence-corrected chi connectivity index (χ0v) is 16.9. The molecule has 0 bridgehead atoms. The summed E-state index contributed by atoms with van der Waals surface area (Å²) in [5.74, 6) is 0. The largest absolute Gasteiger partial charge is 0.367 e. The van der Waals surface area contributed by atoms with Crippen molar-refractivity contribution < 1.29 is 36.0 Å². The fourth-order valence-electron chi connectivity index (χ4n) is 2.37. The Morgan fingerprint density at radius 3 is 1.96 bits per heavy atom. The topological polar surface area (TPSA) is 32.7 Å². The van der Waals surface area contributed by atoms with Crippen LogP contribution in [0.4, 0.5) is 0 Å². The number of hydrogen-bond acceptors (Lipinski definition) is 3. The van der Waals surface area contributed by atoms with E-state index in [4.69, 9.17) is 4.74 Å². The van der Waals surface area contributed by atoms with Gasteiger partial charge in [0, 0.05) is 39.9 Å². The summed E-state index contributed by atoms with van der Waals surface area (Å²) in [6, 6.07) is 0.433. The quantitative estimate of drug-likeness (QED) is 0.564. The van der Waals surface area contributed by atoms with Crippen LogP contribution in [0.25, 0.3) is 0 Å². The van der Waals surface area contributed by atoms with Gasteiger partial charge in [0.25, 0.3) is 0 Å². The molecule has 130 valence electrons. The second kappa shape index (κ2) is 16.8. The van der Waals surface area contributed by atoms with Gasteiger partial charge in [-0.2, -0.15) is 0 Å². The molecule has 1 heterocycles. The summed E-state index contributed by atoms with van der Waals surface area (Å²) in [6.07, 6.45) is 25.6. The summed E-state index contributed by atoms with van der Waals surface area (Å²) in [5, 5.41) is 9.30. The van der Waals surface area contributed by atoms with Gasteiger partial charge in [0.05, 0.1) is 0 Å². The standard InChI is InChI=1S/C10H18NO2.2C5H5.Zr/c1-3-5-9-6-4-7-11(9)8-10(12)13-2;2*1-2-4-5-3-1;/h3,5,9-10,12H,1,4,6-8H2,2H3;2*1-5H;/q-1;;;/t9-,10?;;;/m1.../s1. The molecule has 24 heavy (non-hydrogen) atoms. The molecule has 0 amide bonds. The average Bonchev–Trinajstić information content (AvgIpc) is 3.34. The summed E-state index contributed by atoms with van der Waals surface area (Å²) >= 11 is 0. The first-order valence-corrected chi connectivity index (χ1v) is 8.02. The molecular formula is C20H28NO2Zr-. The van der Waals surface area contributed by atoms with Crippen LogP contribution in [-0.4, -0.2) is 42.5 Å². The van der Waals surface area contributed by atoms with Gasteiger partial charge < -0.3 is 14.7 Å². The molecule has 1 aliphatic heterocycles. The van der Waals surface area contributed by atoms with Crippen LogP contribution in [0.2, 0.25) is 0 Å². The van der Waals surface area contributed by atoms with Crippen molar-refractivity contribution in [3.8, 4) is 0 Å². The van der Waals surface area contributed by atoms with Crippen molar-refractivity contribution >= 4 is 0 Å². The van der Waals surface area contributed by atoms with E-state index in [1.807, 2.05) is 70.3 Å². The van der Waals surface area contributed by atoms with Crippen LogP contribution in [0.3, 0.4) is 0 Å². The van der Waals surface area contributed by atoms with Crippen molar-refractivity contribution in [3.63, 3.8) is 0 Å². The first kappa shape index (κ1) is 24.4. The second-order valence-electron chi connectivity index (χ2n) is 5.25. The van der Waals surface area contributed by atoms with E-state index in [1.54, 1.807) is 0 Å². The van der Waals surface area contributed by atoms with Crippen molar-refractivity contribution in [3.05, 3.63) is 83.3 Å². The average molecular weight is 406 g/mol. The smallest absolute Gasteiger partial charge is 0.166 e. The molecule has 1 N–H and O–H groups in total. The maximum atomic E-state index is 9.30. The Kier molecular flexibility index (Phi) is 17.1. The van der Waals surface area contributed by atoms with E-state index in [0.29, 0.717) is 12.6 Å². The van der Waals surface area contributed by atoms with E-state index < -0.39 is 6.29 Å². The van der Waals surface area contributed by atoms with Crippen LogP contribution >= 0.6 is 0 Å². The summed E-state index contributed by atoms with van der Waals surface area (Å²) in [5.41, 5.74) is 0. The molecule has 10 radical (unpaired) electrons. The Hall–Kier alpha value is 0.373. The third-order valence-corrected chi connectivity index (χ3v) is 3.55. The third kappa shape index (κ3) is 11.8. The minimum absolute atomic E-state index is 0. The molecule has 0 aromatic carbocycles. The number of methoxy groups -OCH3 is 1. The van der Waals surface area contributed by atoms with Gasteiger partial charge in [-0.3, -0.25) is 0 Å². The van der Waals surface area contributed by atoms with Gasteiger partial charge >= 0.3 is 0 Å². The number of nitrogens with zero attached hydrogens (tertiary/aromatic N) is 1. The predicted molar refractivity (Wildman–Crippen MR) is 95.1 cm³/mol. The van der Waals surface area contributed by atoms with Crippen molar-refractivity contribution in [2.75, 3.05) is 20.2 Å². The molecule has 1 saturated heterocycles. The summed E-state index contributed by atoms with van der Waals surface area (Å²) in [4.78, 5) is 2.22. The minimum Gasteiger partial charge on any atom is -0.367 e. The number of ether oxygens (including phenoxy) is 1. The molecule has 2 aliphatic carbocycles. The van der Waals surface area contributed by atoms with Crippen LogP contribution < -0.4 is 0 Å². The number of aliphatic hydroxyl groups excluding tert-OH is 1. The number of β-amino-alcohol motifs (C(OH)–C–C–N with tert-alkyl or cyclic N) is 1. The monoisotopic (exact) mass is 404 g/mol. The molecule has 0 aromatic rings. The summed E-state index contributed by atoms with van der Waals surface area (Å²) in [6.45, 7) is 5.31. The van der Waals surface area contributed by atoms with E-state index >= 15 is 0 Å². The Bertz CT molecular complexity index is 256. The SMILES string of the molecule is C=C[CH-][C@@H]1CCCN1CC(O)OC.[CH]1[CH][CH][CH][CH]1.[CH]1[CH][CH][CH][CH]1.[Zr]. The first-order chi connectivity index (χ1) is 11.3. The molecular weight excluding hydrogens is 377 g/mol. The van der Waals surface area contributed by atoms with E-state index in [2.05, 4.69) is 17.9 Å². The summed E-state index contributed by atoms with van der Waals surface area (Å²) in [7, 11) is 1.52. The van der Waals surface area contributed by atoms with Gasteiger partial charge in [-0.05, 0) is 89.6 Å². The van der Waals surface area contributed by atoms with Gasteiger partial charge in [0.15, 0.2) is 6.29 Å². The first-order valence-electron chi connectivity index (χ1n) is 8.02. The normalized spacial score (nSPS) is 24.0. The molecule has 2 saturated carbocycles. The Balaban J connectivity index is 0.000000393. The maximum Gasteiger partial charge on any atom is 0.166 e. The number of likely N-dealkylation sites (tertiary alicyclic amines) is 1. The van der Waals surface area contributed by atoms with E-state index in [1.165, 1.54) is 13.5 Å². The van der Waals surface area contributed by atoms with Gasteiger partial charge in [0.2, 0.25) is 0 Å². The Morgan fingerprint density at radius 1 is 1.12 bits per heavy atom. The van der Waals surface area contributed by atoms with Crippen LogP contribution in [0.5, 0.6) is 0 Å². The molecule has 4 heteroatoms. The van der Waals surface area contributed by atoms with Crippen LogP contribution in [0.1, 0.15) is 12.8 Å². The zero-order valence-electron chi connectivity index (χ0n) is 14.4. The van der Waals surface area contributed by atoms with Gasteiger partial charge in [-0.25, -0.2) is 19.1 Å². The molecule has 2 atom stereocenters. The number of aliphatic hydroxyl groups is 1.